The van der Waals surface area contributed by atoms with Crippen LogP contribution in [-0.2, 0) is 9.57 Å². The lowest BCUT2D eigenvalue weighted by Crippen LogP contribution is -2.16. The van der Waals surface area contributed by atoms with Gasteiger partial charge in [0.25, 0.3) is 0 Å². The second-order valence-corrected chi connectivity index (χ2v) is 1.57. The van der Waals surface area contributed by atoms with Crippen LogP contribution in [0.25, 0.3) is 0 Å². The summed E-state index contributed by atoms with van der Waals surface area (Å²) < 4.78 is 37.6. The zero-order valence-corrected chi connectivity index (χ0v) is 4.73. The van der Waals surface area contributed by atoms with Gasteiger partial charge >= 0.3 is 6.36 Å². The summed E-state index contributed by atoms with van der Waals surface area (Å²) in [6.45, 7) is -0.0560. The van der Waals surface area contributed by atoms with Gasteiger partial charge in [-0.1, -0.05) is 0 Å². The van der Waals surface area contributed by atoms with Gasteiger partial charge in [0, 0.05) is 0 Å². The van der Waals surface area contributed by atoms with E-state index in [0.717, 1.165) is 6.26 Å². The van der Waals surface area contributed by atoms with E-state index in [1.54, 1.807) is 0 Å². The third kappa shape index (κ3) is 2.14. The fourth-order valence-electron chi connectivity index (χ4n) is 0.471. The Hall–Kier alpha value is -0.910. The van der Waals surface area contributed by atoms with E-state index in [0.29, 0.717) is 0 Å². The van der Waals surface area contributed by atoms with Crippen LogP contribution in [0.1, 0.15) is 0 Å². The van der Waals surface area contributed by atoms with Crippen molar-refractivity contribution in [3.05, 3.63) is 12.0 Å². The fourth-order valence-corrected chi connectivity index (χ4v) is 0.471. The van der Waals surface area contributed by atoms with E-state index in [1.165, 1.54) is 0 Å². The molecule has 1 aliphatic heterocycles. The molecule has 0 aromatic carbocycles. The molecule has 58 valence electrons. The highest BCUT2D eigenvalue weighted by atomic mass is 19.4. The minimum absolute atomic E-state index is 0.0560. The van der Waals surface area contributed by atoms with Crippen LogP contribution in [0.5, 0.6) is 0 Å². The Kier molecular flexibility index (Phi) is 1.71. The molecule has 0 fully saturated rings. The van der Waals surface area contributed by atoms with Crippen molar-refractivity contribution in [2.24, 2.45) is 0 Å². The molecule has 0 saturated heterocycles. The molecule has 0 amide bonds. The molecule has 3 nitrogen and oxygen atoms in total. The van der Waals surface area contributed by atoms with Crippen molar-refractivity contribution in [1.29, 1.82) is 0 Å². The first kappa shape index (κ1) is 7.20. The number of ether oxygens (including phenoxy) is 1. The van der Waals surface area contributed by atoms with Crippen molar-refractivity contribution in [2.75, 3.05) is 6.54 Å². The van der Waals surface area contributed by atoms with Gasteiger partial charge in [-0.05, 0) is 0 Å². The van der Waals surface area contributed by atoms with Crippen molar-refractivity contribution >= 4 is 0 Å². The Bertz CT molecular complexity index is 153. The average molecular weight is 155 g/mol. The second-order valence-electron chi connectivity index (χ2n) is 1.57. The summed E-state index contributed by atoms with van der Waals surface area (Å²) >= 11 is 0. The number of nitrogens with one attached hydrogen (secondary N) is 1. The van der Waals surface area contributed by atoms with Crippen LogP contribution in [0.15, 0.2) is 12.0 Å². The molecule has 0 radical (unpaired) electrons. The van der Waals surface area contributed by atoms with Gasteiger partial charge in [-0.25, -0.2) is 0 Å². The van der Waals surface area contributed by atoms with Crippen molar-refractivity contribution in [1.82, 2.24) is 5.48 Å². The van der Waals surface area contributed by atoms with Crippen LogP contribution in [0, 0.1) is 0 Å². The average Bonchev–Trinajstić information content (AvgIpc) is 2.12. The highest BCUT2D eigenvalue weighted by Gasteiger charge is 2.33. The molecule has 0 bridgehead atoms. The van der Waals surface area contributed by atoms with Gasteiger partial charge in [-0.3, -0.25) is 0 Å². The molecule has 0 saturated carbocycles. The molecule has 1 aliphatic rings. The summed E-state index contributed by atoms with van der Waals surface area (Å²) in [5, 5.41) is 0. The van der Waals surface area contributed by atoms with Gasteiger partial charge in [0.15, 0.2) is 12.0 Å². The molecular formula is C4H4F3NO2. The van der Waals surface area contributed by atoms with E-state index in [-0.39, 0.29) is 12.3 Å². The number of hydroxylamine groups is 1. The molecule has 10 heavy (non-hydrogen) atoms. The van der Waals surface area contributed by atoms with E-state index in [4.69, 9.17) is 0 Å². The first-order valence-corrected chi connectivity index (χ1v) is 2.41. The largest absolute Gasteiger partial charge is 0.572 e. The minimum Gasteiger partial charge on any atom is -0.412 e. The van der Waals surface area contributed by atoms with E-state index in [1.807, 2.05) is 0 Å². The molecule has 1 N–H and O–H groups in total. The smallest absolute Gasteiger partial charge is 0.412 e. The number of rotatable bonds is 1. The third-order valence-corrected chi connectivity index (χ3v) is 0.767. The SMILES string of the molecule is FC(F)(F)OC1=CONC1. The molecule has 0 aromatic rings. The van der Waals surface area contributed by atoms with Crippen LogP contribution < -0.4 is 5.48 Å². The number of alkyl halides is 3. The lowest BCUT2D eigenvalue weighted by Gasteiger charge is -2.06. The van der Waals surface area contributed by atoms with Crippen LogP contribution in [-0.4, -0.2) is 12.9 Å². The van der Waals surface area contributed by atoms with Crippen LogP contribution >= 0.6 is 0 Å². The van der Waals surface area contributed by atoms with Crippen molar-refractivity contribution in [2.45, 2.75) is 6.36 Å². The summed E-state index contributed by atoms with van der Waals surface area (Å²) in [7, 11) is 0. The van der Waals surface area contributed by atoms with E-state index in [2.05, 4.69) is 15.1 Å². The third-order valence-electron chi connectivity index (χ3n) is 0.767. The highest BCUT2D eigenvalue weighted by Crippen LogP contribution is 2.21. The fraction of sp³-hybridized carbons (Fsp3) is 0.500. The predicted octanol–water partition coefficient (Wildman–Crippen LogP) is 0.899. The van der Waals surface area contributed by atoms with E-state index >= 15 is 0 Å². The maximum atomic E-state index is 11.4. The van der Waals surface area contributed by atoms with Gasteiger partial charge in [0.05, 0.1) is 6.54 Å². The zero-order valence-electron chi connectivity index (χ0n) is 4.73. The van der Waals surface area contributed by atoms with Gasteiger partial charge in [0.1, 0.15) is 0 Å². The van der Waals surface area contributed by atoms with Gasteiger partial charge in [0.2, 0.25) is 0 Å². The summed E-state index contributed by atoms with van der Waals surface area (Å²) in [5.41, 5.74) is 2.18. The van der Waals surface area contributed by atoms with Crippen molar-refractivity contribution in [3.63, 3.8) is 0 Å². The maximum absolute atomic E-state index is 11.4. The molecule has 1 rings (SSSR count). The quantitative estimate of drug-likeness (QED) is 0.610. The summed E-state index contributed by atoms with van der Waals surface area (Å²) in [4.78, 5) is 4.27. The number of hydrogen-bond donors (Lipinski definition) is 1. The van der Waals surface area contributed by atoms with E-state index < -0.39 is 6.36 Å². The lowest BCUT2D eigenvalue weighted by molar-refractivity contribution is -0.305. The predicted molar refractivity (Wildman–Crippen MR) is 24.3 cm³/mol. The molecule has 0 aliphatic carbocycles. The van der Waals surface area contributed by atoms with Crippen molar-refractivity contribution in [3.8, 4) is 0 Å². The van der Waals surface area contributed by atoms with Crippen LogP contribution in [0.4, 0.5) is 13.2 Å². The van der Waals surface area contributed by atoms with Crippen LogP contribution in [0.3, 0.4) is 0 Å². The van der Waals surface area contributed by atoms with Gasteiger partial charge in [-0.2, -0.15) is 0 Å². The van der Waals surface area contributed by atoms with Crippen molar-refractivity contribution < 1.29 is 22.7 Å². The van der Waals surface area contributed by atoms with Crippen LogP contribution in [0.2, 0.25) is 0 Å². The first-order chi connectivity index (χ1) is 4.58. The Morgan fingerprint density at radius 2 is 2.30 bits per heavy atom. The molecule has 1 heterocycles. The summed E-state index contributed by atoms with van der Waals surface area (Å²) in [6, 6.07) is 0. The highest BCUT2D eigenvalue weighted by molar-refractivity contribution is 4.93. The Morgan fingerprint density at radius 1 is 1.60 bits per heavy atom. The summed E-state index contributed by atoms with van der Waals surface area (Å²) in [6.07, 6.45) is -3.76. The van der Waals surface area contributed by atoms with Gasteiger partial charge < -0.3 is 9.57 Å². The molecule has 0 unspecified atom stereocenters. The van der Waals surface area contributed by atoms with Gasteiger partial charge in [-0.15, -0.1) is 18.7 Å². The lowest BCUT2D eigenvalue weighted by atomic mass is 10.6. The zero-order chi connectivity index (χ0) is 7.61. The van der Waals surface area contributed by atoms with E-state index in [9.17, 15) is 13.2 Å². The normalized spacial score (nSPS) is 18.1. The molecular weight excluding hydrogens is 151 g/mol. The maximum Gasteiger partial charge on any atom is 0.572 e. The topological polar surface area (TPSA) is 30.5 Å². The number of halogens is 3. The number of hydrogen-bond acceptors (Lipinski definition) is 3. The standard InChI is InChI=1S/C4H4F3NO2/c5-4(6,7)10-3-1-8-9-2-3/h2,8H,1H2. The molecule has 0 spiro atoms. The first-order valence-electron chi connectivity index (χ1n) is 2.41. The second kappa shape index (κ2) is 2.37. The minimum atomic E-state index is -4.62. The molecule has 0 atom stereocenters. The Morgan fingerprint density at radius 3 is 2.70 bits per heavy atom. The Labute approximate surface area is 54.4 Å². The Balaban J connectivity index is 2.38. The molecule has 0 aromatic heterocycles. The summed E-state index contributed by atoms with van der Waals surface area (Å²) in [5.74, 6) is -0.271. The monoisotopic (exact) mass is 155 g/mol. The molecule has 6 heteroatoms.